The van der Waals surface area contributed by atoms with Crippen molar-refractivity contribution in [3.05, 3.63) is 58.3 Å². The maximum Gasteiger partial charge on any atom is 0.229 e. The minimum Gasteiger partial charge on any atom is -0.456 e. The maximum atomic E-state index is 12.9. The van der Waals surface area contributed by atoms with E-state index in [0.29, 0.717) is 29.0 Å². The Hall–Kier alpha value is -3.41. The molecule has 154 valence electrons. The molecule has 2 heterocycles. The van der Waals surface area contributed by atoms with Gasteiger partial charge in [0, 0.05) is 36.2 Å². The molecule has 1 N–H and O–H groups in total. The number of fused-ring (bicyclic) bond motifs is 2. The molecule has 0 saturated heterocycles. The van der Waals surface area contributed by atoms with Gasteiger partial charge in [-0.05, 0) is 42.3 Å². The van der Waals surface area contributed by atoms with Crippen LogP contribution in [0.15, 0.2) is 51.7 Å². The number of carbonyl (C=O) groups is 2. The molecule has 6 heteroatoms. The lowest BCUT2D eigenvalue weighted by Crippen LogP contribution is -2.28. The fourth-order valence-electron chi connectivity index (χ4n) is 3.65. The topological polar surface area (TPSA) is 79.6 Å². The zero-order valence-electron chi connectivity index (χ0n) is 17.5. The van der Waals surface area contributed by atoms with Gasteiger partial charge in [-0.3, -0.25) is 14.4 Å². The molecular formula is C24H24N2O4. The molecule has 1 aliphatic rings. The van der Waals surface area contributed by atoms with Crippen LogP contribution < -0.4 is 15.6 Å². The van der Waals surface area contributed by atoms with Gasteiger partial charge in [0.25, 0.3) is 0 Å². The predicted octanol–water partition coefficient (Wildman–Crippen LogP) is 4.35. The third kappa shape index (κ3) is 3.49. The quantitative estimate of drug-likeness (QED) is 0.688. The first kappa shape index (κ1) is 19.9. The Balaban J connectivity index is 1.76. The molecule has 0 aliphatic carbocycles. The van der Waals surface area contributed by atoms with Crippen LogP contribution in [0.4, 0.5) is 11.4 Å². The van der Waals surface area contributed by atoms with Crippen LogP contribution in [-0.4, -0.2) is 18.4 Å². The molecule has 0 radical (unpaired) electrons. The Labute approximate surface area is 174 Å². The van der Waals surface area contributed by atoms with Crippen molar-refractivity contribution < 1.29 is 14.0 Å². The predicted molar refractivity (Wildman–Crippen MR) is 118 cm³/mol. The Morgan fingerprint density at radius 3 is 2.57 bits per heavy atom. The summed E-state index contributed by atoms with van der Waals surface area (Å²) >= 11 is 0. The summed E-state index contributed by atoms with van der Waals surface area (Å²) in [7, 11) is 0. The van der Waals surface area contributed by atoms with Gasteiger partial charge in [0.15, 0.2) is 5.43 Å². The molecule has 0 unspecified atom stereocenters. The van der Waals surface area contributed by atoms with E-state index >= 15 is 0 Å². The second-order valence-corrected chi connectivity index (χ2v) is 8.62. The molecule has 0 spiro atoms. The van der Waals surface area contributed by atoms with E-state index in [1.807, 2.05) is 39.0 Å². The Kier molecular flexibility index (Phi) is 4.73. The number of nitrogens with one attached hydrogen (secondary N) is 1. The van der Waals surface area contributed by atoms with Crippen LogP contribution in [0.1, 0.15) is 33.3 Å². The zero-order valence-corrected chi connectivity index (χ0v) is 17.5. The molecule has 2 aromatic carbocycles. The van der Waals surface area contributed by atoms with Crippen LogP contribution in [-0.2, 0) is 16.0 Å². The first-order valence-corrected chi connectivity index (χ1v) is 9.95. The van der Waals surface area contributed by atoms with Crippen molar-refractivity contribution in [3.8, 4) is 11.3 Å². The summed E-state index contributed by atoms with van der Waals surface area (Å²) in [6.07, 6.45) is 0.767. The van der Waals surface area contributed by atoms with Crippen molar-refractivity contribution >= 4 is 34.2 Å². The Bertz CT molecular complexity index is 1230. The van der Waals surface area contributed by atoms with Crippen LogP contribution in [0.5, 0.6) is 0 Å². The molecule has 4 rings (SSSR count). The van der Waals surface area contributed by atoms with Crippen molar-refractivity contribution in [2.24, 2.45) is 5.41 Å². The van der Waals surface area contributed by atoms with E-state index < -0.39 is 5.41 Å². The lowest BCUT2D eigenvalue weighted by molar-refractivity contribution is -0.123. The van der Waals surface area contributed by atoms with Gasteiger partial charge in [-0.2, -0.15) is 0 Å². The van der Waals surface area contributed by atoms with Crippen molar-refractivity contribution in [3.63, 3.8) is 0 Å². The van der Waals surface area contributed by atoms with Gasteiger partial charge in [-0.1, -0.05) is 26.8 Å². The van der Waals surface area contributed by atoms with E-state index in [-0.39, 0.29) is 17.2 Å². The highest BCUT2D eigenvalue weighted by atomic mass is 16.3. The van der Waals surface area contributed by atoms with Gasteiger partial charge in [-0.15, -0.1) is 0 Å². The number of nitrogens with zero attached hydrogens (tertiary/aromatic N) is 1. The minimum absolute atomic E-state index is 0.0172. The fourth-order valence-corrected chi connectivity index (χ4v) is 3.65. The highest BCUT2D eigenvalue weighted by Crippen LogP contribution is 2.33. The molecule has 0 fully saturated rings. The van der Waals surface area contributed by atoms with Crippen molar-refractivity contribution in [2.75, 3.05) is 16.8 Å². The van der Waals surface area contributed by atoms with E-state index in [0.717, 1.165) is 23.2 Å². The van der Waals surface area contributed by atoms with E-state index in [4.69, 9.17) is 4.42 Å². The first-order valence-electron chi connectivity index (χ1n) is 9.95. The second kappa shape index (κ2) is 7.13. The van der Waals surface area contributed by atoms with Gasteiger partial charge in [0.1, 0.15) is 11.3 Å². The van der Waals surface area contributed by atoms with Gasteiger partial charge in [0.2, 0.25) is 11.8 Å². The summed E-state index contributed by atoms with van der Waals surface area (Å²) in [5.74, 6) is 0.298. The van der Waals surface area contributed by atoms with Gasteiger partial charge in [-0.25, -0.2) is 0 Å². The zero-order chi connectivity index (χ0) is 21.6. The standard InChI is InChI=1S/C24H24N2O4/c1-14(27)26-11-10-15-12-16(8-9-18(15)26)21-13-19(28)22-17(6-5-7-20(22)30-21)25-23(29)24(2,3)4/h5-9,12-13H,10-11H2,1-4H3,(H,25,29). The van der Waals surface area contributed by atoms with Crippen molar-refractivity contribution in [1.82, 2.24) is 0 Å². The number of rotatable bonds is 2. The van der Waals surface area contributed by atoms with Crippen LogP contribution in [0.3, 0.4) is 0 Å². The van der Waals surface area contributed by atoms with E-state index in [9.17, 15) is 14.4 Å². The largest absolute Gasteiger partial charge is 0.456 e. The maximum absolute atomic E-state index is 12.9. The lowest BCUT2D eigenvalue weighted by atomic mass is 9.95. The van der Waals surface area contributed by atoms with Crippen LogP contribution in [0.2, 0.25) is 0 Å². The third-order valence-electron chi connectivity index (χ3n) is 5.32. The van der Waals surface area contributed by atoms with E-state index in [1.165, 1.54) is 6.07 Å². The van der Waals surface area contributed by atoms with Crippen LogP contribution in [0, 0.1) is 5.41 Å². The van der Waals surface area contributed by atoms with Gasteiger partial charge >= 0.3 is 0 Å². The number of anilines is 2. The molecule has 3 aromatic rings. The molecule has 1 aliphatic heterocycles. The summed E-state index contributed by atoms with van der Waals surface area (Å²) in [5, 5.41) is 3.19. The molecule has 2 amide bonds. The Morgan fingerprint density at radius 1 is 1.10 bits per heavy atom. The van der Waals surface area contributed by atoms with Crippen molar-refractivity contribution in [2.45, 2.75) is 34.1 Å². The number of hydrogen-bond acceptors (Lipinski definition) is 4. The molecule has 0 saturated carbocycles. The number of carbonyl (C=O) groups excluding carboxylic acids is 2. The SMILES string of the molecule is CC(=O)N1CCc2cc(-c3cc(=O)c4c(NC(=O)C(C)(C)C)cccc4o3)ccc21. The average molecular weight is 404 g/mol. The van der Waals surface area contributed by atoms with Crippen LogP contribution in [0.25, 0.3) is 22.3 Å². The summed E-state index contributed by atoms with van der Waals surface area (Å²) in [6, 6.07) is 12.3. The normalized spacial score (nSPS) is 13.4. The van der Waals surface area contributed by atoms with Crippen LogP contribution >= 0.6 is 0 Å². The highest BCUT2D eigenvalue weighted by Gasteiger charge is 2.24. The summed E-state index contributed by atoms with van der Waals surface area (Å²) < 4.78 is 6.04. The first-order chi connectivity index (χ1) is 14.1. The monoisotopic (exact) mass is 404 g/mol. The van der Waals surface area contributed by atoms with Gasteiger partial charge in [0.05, 0.1) is 11.1 Å². The molecule has 0 bridgehead atoms. The lowest BCUT2D eigenvalue weighted by Gasteiger charge is -2.18. The van der Waals surface area contributed by atoms with E-state index in [2.05, 4.69) is 5.32 Å². The van der Waals surface area contributed by atoms with Crippen molar-refractivity contribution in [1.29, 1.82) is 0 Å². The Morgan fingerprint density at radius 2 is 1.87 bits per heavy atom. The van der Waals surface area contributed by atoms with Gasteiger partial charge < -0.3 is 14.6 Å². The summed E-state index contributed by atoms with van der Waals surface area (Å²) in [6.45, 7) is 7.66. The number of benzene rings is 2. The highest BCUT2D eigenvalue weighted by molar-refractivity contribution is 6.02. The number of hydrogen-bond donors (Lipinski definition) is 1. The molecule has 6 nitrogen and oxygen atoms in total. The molecule has 30 heavy (non-hydrogen) atoms. The average Bonchev–Trinajstić information content (AvgIpc) is 3.10. The molecule has 1 aromatic heterocycles. The summed E-state index contributed by atoms with van der Waals surface area (Å²) in [5.41, 5.74) is 2.79. The third-order valence-corrected chi connectivity index (χ3v) is 5.32. The minimum atomic E-state index is -0.583. The number of amides is 2. The molecule has 0 atom stereocenters. The molecular weight excluding hydrogens is 380 g/mol. The summed E-state index contributed by atoms with van der Waals surface area (Å²) in [4.78, 5) is 38.8. The second-order valence-electron chi connectivity index (χ2n) is 8.62. The van der Waals surface area contributed by atoms with E-state index in [1.54, 1.807) is 30.0 Å². The smallest absolute Gasteiger partial charge is 0.229 e. The fraction of sp³-hybridized carbons (Fsp3) is 0.292.